The molecule has 0 bridgehead atoms. The fraction of sp³-hybridized carbons (Fsp3) is 0.278. The summed E-state index contributed by atoms with van der Waals surface area (Å²) in [5.74, 6) is 0.341. The van der Waals surface area contributed by atoms with Crippen LogP contribution in [0.4, 0.5) is 4.39 Å². The summed E-state index contributed by atoms with van der Waals surface area (Å²) in [4.78, 5) is 11.9. The molecule has 4 nitrogen and oxygen atoms in total. The number of ether oxygens (including phenoxy) is 3. The second-order valence-corrected chi connectivity index (χ2v) is 6.02. The van der Waals surface area contributed by atoms with Gasteiger partial charge < -0.3 is 14.2 Å². The molecule has 2 aromatic carbocycles. The minimum absolute atomic E-state index is 0.273. The normalized spacial score (nSPS) is 10.3. The molecule has 0 aliphatic carbocycles. The Morgan fingerprint density at radius 2 is 1.79 bits per heavy atom. The molecule has 0 saturated carbocycles. The van der Waals surface area contributed by atoms with Crippen LogP contribution in [0.1, 0.15) is 29.8 Å². The highest BCUT2D eigenvalue weighted by atomic mass is 127. The van der Waals surface area contributed by atoms with Crippen molar-refractivity contribution in [3.05, 3.63) is 56.9 Å². The number of carbonyl (C=O) groups excluding carboxylic acids is 1. The molecule has 0 aromatic heterocycles. The van der Waals surface area contributed by atoms with Crippen LogP contribution in [0.2, 0.25) is 0 Å². The van der Waals surface area contributed by atoms with Crippen molar-refractivity contribution >= 4 is 28.6 Å². The molecule has 128 valence electrons. The summed E-state index contributed by atoms with van der Waals surface area (Å²) in [7, 11) is 0. The number of hydrogen-bond acceptors (Lipinski definition) is 4. The summed E-state index contributed by atoms with van der Waals surface area (Å²) in [6.45, 7) is 4.63. The van der Waals surface area contributed by atoms with Crippen molar-refractivity contribution in [3.8, 4) is 11.5 Å². The molecule has 0 amide bonds. The maximum Gasteiger partial charge on any atom is 0.338 e. The maximum atomic E-state index is 13.0. The van der Waals surface area contributed by atoms with Gasteiger partial charge in [-0.25, -0.2) is 9.18 Å². The Labute approximate surface area is 154 Å². The van der Waals surface area contributed by atoms with Gasteiger partial charge in [-0.2, -0.15) is 0 Å². The summed E-state index contributed by atoms with van der Waals surface area (Å²) in [6, 6.07) is 9.41. The van der Waals surface area contributed by atoms with Gasteiger partial charge in [0.25, 0.3) is 0 Å². The van der Waals surface area contributed by atoms with Gasteiger partial charge in [-0.1, -0.05) is 12.1 Å². The fourth-order valence-electron chi connectivity index (χ4n) is 2.04. The molecule has 0 aliphatic heterocycles. The quantitative estimate of drug-likeness (QED) is 0.463. The predicted molar refractivity (Wildman–Crippen MR) is 97.0 cm³/mol. The lowest BCUT2D eigenvalue weighted by Gasteiger charge is -2.15. The van der Waals surface area contributed by atoms with Crippen molar-refractivity contribution in [3.63, 3.8) is 0 Å². The number of esters is 1. The molecular weight excluding hydrogens is 426 g/mol. The molecule has 0 saturated heterocycles. The molecule has 2 rings (SSSR count). The summed E-state index contributed by atoms with van der Waals surface area (Å²) in [5.41, 5.74) is 1.25. The molecule has 0 unspecified atom stereocenters. The average Bonchev–Trinajstić information content (AvgIpc) is 2.56. The standard InChI is InChI=1S/C18H18FIO4/c1-3-22-16-10-13(18(21)23-4-2)9-15(20)17(16)24-11-12-5-7-14(19)8-6-12/h5-10H,3-4,11H2,1-2H3. The SMILES string of the molecule is CCOC(=O)c1cc(I)c(OCc2ccc(F)cc2)c(OCC)c1. The molecule has 6 heteroatoms. The molecule has 0 heterocycles. The molecule has 0 atom stereocenters. The topological polar surface area (TPSA) is 44.8 Å². The van der Waals surface area contributed by atoms with Gasteiger partial charge >= 0.3 is 5.97 Å². The van der Waals surface area contributed by atoms with Crippen molar-refractivity contribution in [1.82, 2.24) is 0 Å². The number of halogens is 2. The van der Waals surface area contributed by atoms with E-state index in [9.17, 15) is 9.18 Å². The van der Waals surface area contributed by atoms with E-state index in [1.54, 1.807) is 31.2 Å². The van der Waals surface area contributed by atoms with Crippen LogP contribution in [0.3, 0.4) is 0 Å². The first-order valence-electron chi connectivity index (χ1n) is 7.55. The smallest absolute Gasteiger partial charge is 0.338 e. The van der Waals surface area contributed by atoms with Crippen molar-refractivity contribution < 1.29 is 23.4 Å². The van der Waals surface area contributed by atoms with Crippen molar-refractivity contribution in [2.45, 2.75) is 20.5 Å². The zero-order valence-corrected chi connectivity index (χ0v) is 15.6. The number of rotatable bonds is 7. The Morgan fingerprint density at radius 3 is 2.42 bits per heavy atom. The second-order valence-electron chi connectivity index (χ2n) is 4.85. The van der Waals surface area contributed by atoms with E-state index in [2.05, 4.69) is 22.6 Å². The summed E-state index contributed by atoms with van der Waals surface area (Å²) < 4.78 is 30.1. The summed E-state index contributed by atoms with van der Waals surface area (Å²) in [6.07, 6.45) is 0. The second kappa shape index (κ2) is 8.86. The van der Waals surface area contributed by atoms with Gasteiger partial charge in [-0.15, -0.1) is 0 Å². The largest absolute Gasteiger partial charge is 0.490 e. The van der Waals surface area contributed by atoms with Gasteiger partial charge in [-0.3, -0.25) is 0 Å². The highest BCUT2D eigenvalue weighted by Crippen LogP contribution is 2.35. The summed E-state index contributed by atoms with van der Waals surface area (Å²) in [5, 5.41) is 0. The molecule has 0 N–H and O–H groups in total. The minimum Gasteiger partial charge on any atom is -0.490 e. The molecule has 0 fully saturated rings. The van der Waals surface area contributed by atoms with E-state index in [1.165, 1.54) is 12.1 Å². The monoisotopic (exact) mass is 444 g/mol. The lowest BCUT2D eigenvalue weighted by atomic mass is 10.2. The third kappa shape index (κ3) is 4.83. The van der Waals surface area contributed by atoms with Crippen LogP contribution in [0.15, 0.2) is 36.4 Å². The van der Waals surface area contributed by atoms with Crippen LogP contribution in [0.5, 0.6) is 11.5 Å². The Kier molecular flexibility index (Phi) is 6.84. The zero-order chi connectivity index (χ0) is 17.5. The van der Waals surface area contributed by atoms with Crippen LogP contribution in [0, 0.1) is 9.39 Å². The first-order chi connectivity index (χ1) is 11.5. The Balaban J connectivity index is 2.24. The first-order valence-corrected chi connectivity index (χ1v) is 8.63. The molecule has 0 spiro atoms. The lowest BCUT2D eigenvalue weighted by Crippen LogP contribution is -2.08. The van der Waals surface area contributed by atoms with E-state index in [0.717, 1.165) is 9.13 Å². The number of carbonyl (C=O) groups is 1. The Hall–Kier alpha value is -1.83. The molecular formula is C18H18FIO4. The van der Waals surface area contributed by atoms with E-state index in [1.807, 2.05) is 6.92 Å². The van der Waals surface area contributed by atoms with E-state index >= 15 is 0 Å². The van der Waals surface area contributed by atoms with E-state index in [0.29, 0.717) is 30.3 Å². The third-order valence-corrected chi connectivity index (χ3v) is 3.92. The van der Waals surface area contributed by atoms with Gasteiger partial charge in [0.1, 0.15) is 12.4 Å². The van der Waals surface area contributed by atoms with Gasteiger partial charge in [0.15, 0.2) is 11.5 Å². The van der Waals surface area contributed by atoms with Crippen molar-refractivity contribution in [2.24, 2.45) is 0 Å². The van der Waals surface area contributed by atoms with Crippen LogP contribution < -0.4 is 9.47 Å². The summed E-state index contributed by atoms with van der Waals surface area (Å²) >= 11 is 2.09. The Morgan fingerprint density at radius 1 is 1.08 bits per heavy atom. The average molecular weight is 444 g/mol. The molecule has 2 aromatic rings. The van der Waals surface area contributed by atoms with Crippen LogP contribution in [0.25, 0.3) is 0 Å². The van der Waals surface area contributed by atoms with Gasteiger partial charge in [0.2, 0.25) is 0 Å². The van der Waals surface area contributed by atoms with Crippen molar-refractivity contribution in [1.29, 1.82) is 0 Å². The van der Waals surface area contributed by atoms with Gasteiger partial charge in [-0.05, 0) is 66.3 Å². The minimum atomic E-state index is -0.401. The highest BCUT2D eigenvalue weighted by Gasteiger charge is 2.17. The van der Waals surface area contributed by atoms with Crippen LogP contribution in [-0.2, 0) is 11.3 Å². The van der Waals surface area contributed by atoms with Crippen molar-refractivity contribution in [2.75, 3.05) is 13.2 Å². The predicted octanol–water partition coefficient (Wildman–Crippen LogP) is 4.58. The maximum absolute atomic E-state index is 13.0. The Bertz CT molecular complexity index is 701. The van der Waals surface area contributed by atoms with Gasteiger partial charge in [0.05, 0.1) is 22.3 Å². The number of hydrogen-bond donors (Lipinski definition) is 0. The lowest BCUT2D eigenvalue weighted by molar-refractivity contribution is 0.0525. The number of benzene rings is 2. The van der Waals surface area contributed by atoms with Gasteiger partial charge in [0, 0.05) is 0 Å². The molecule has 0 aliphatic rings. The first kappa shape index (κ1) is 18.5. The third-order valence-electron chi connectivity index (χ3n) is 3.12. The molecule has 24 heavy (non-hydrogen) atoms. The fourth-order valence-corrected chi connectivity index (χ4v) is 2.80. The van der Waals surface area contributed by atoms with Crippen LogP contribution >= 0.6 is 22.6 Å². The zero-order valence-electron chi connectivity index (χ0n) is 13.5. The molecule has 0 radical (unpaired) electrons. The van der Waals surface area contributed by atoms with E-state index in [-0.39, 0.29) is 12.4 Å². The highest BCUT2D eigenvalue weighted by molar-refractivity contribution is 14.1. The van der Waals surface area contributed by atoms with Crippen LogP contribution in [-0.4, -0.2) is 19.2 Å². The van der Waals surface area contributed by atoms with E-state index in [4.69, 9.17) is 14.2 Å². The van der Waals surface area contributed by atoms with E-state index < -0.39 is 5.97 Å².